The molecule has 0 unspecified atom stereocenters. The van der Waals surface area contributed by atoms with Gasteiger partial charge in [-0.25, -0.2) is 0 Å². The molecule has 0 N–H and O–H groups in total. The molecule has 0 bridgehead atoms. The molecule has 0 radical (unpaired) electrons. The van der Waals surface area contributed by atoms with Gasteiger partial charge in [-0.1, -0.05) is 84.6 Å². The highest BCUT2D eigenvalue weighted by Gasteiger charge is 2.37. The van der Waals surface area contributed by atoms with Crippen molar-refractivity contribution < 1.29 is 18.2 Å². The van der Waals surface area contributed by atoms with Gasteiger partial charge in [0.2, 0.25) is 0 Å². The Bertz CT molecular complexity index is 1300. The van der Waals surface area contributed by atoms with Gasteiger partial charge in [0.25, 0.3) is 14.7 Å². The topological polar surface area (TPSA) is 52.6 Å². The second-order valence-electron chi connectivity index (χ2n) is 9.90. The minimum Gasteiger partial charge on any atom is -0.303 e. The lowest BCUT2D eigenvalue weighted by Gasteiger charge is -2.30. The van der Waals surface area contributed by atoms with Gasteiger partial charge in [-0.3, -0.25) is 9.13 Å². The van der Waals surface area contributed by atoms with Crippen LogP contribution in [0.2, 0.25) is 0 Å². The molecule has 0 aromatic heterocycles. The summed E-state index contributed by atoms with van der Waals surface area (Å²) in [4.78, 5) is 0. The Labute approximate surface area is 226 Å². The summed E-state index contributed by atoms with van der Waals surface area (Å²) < 4.78 is 41.5. The van der Waals surface area contributed by atoms with Crippen LogP contribution in [0.3, 0.4) is 0 Å². The highest BCUT2D eigenvalue weighted by molar-refractivity contribution is 7.74. The lowest BCUT2D eigenvalue weighted by atomic mass is 10.1. The molecule has 4 aromatic rings. The van der Waals surface area contributed by atoms with Crippen LogP contribution in [0.1, 0.15) is 27.7 Å². The quantitative estimate of drug-likeness (QED) is 0.190. The molecule has 0 aliphatic heterocycles. The lowest BCUT2D eigenvalue weighted by Crippen LogP contribution is -2.31. The Kier molecular flexibility index (Phi) is 8.27. The van der Waals surface area contributed by atoms with Crippen LogP contribution in [-0.2, 0) is 18.2 Å². The maximum atomic E-state index is 14.4. The molecule has 4 rings (SSSR count). The molecule has 4 aromatic carbocycles. The van der Waals surface area contributed by atoms with Crippen molar-refractivity contribution in [2.45, 2.75) is 38.9 Å². The van der Waals surface area contributed by atoms with Crippen LogP contribution < -0.4 is 21.2 Å². The third-order valence-electron chi connectivity index (χ3n) is 5.76. The van der Waals surface area contributed by atoms with E-state index < -0.39 is 25.9 Å². The first-order valence-electron chi connectivity index (χ1n) is 12.4. The fourth-order valence-corrected chi connectivity index (χ4v) is 8.65. The molecule has 0 heterocycles. The third-order valence-corrected chi connectivity index (χ3v) is 11.1. The van der Waals surface area contributed by atoms with Crippen molar-refractivity contribution in [1.82, 2.24) is 0 Å². The van der Waals surface area contributed by atoms with Gasteiger partial charge in [-0.2, -0.15) is 0 Å². The second kappa shape index (κ2) is 11.3. The predicted molar refractivity (Wildman–Crippen MR) is 158 cm³/mol. The van der Waals surface area contributed by atoms with Crippen molar-refractivity contribution in [1.29, 1.82) is 0 Å². The van der Waals surface area contributed by atoms with Gasteiger partial charge in [0.15, 0.2) is 0 Å². The Morgan fingerprint density at radius 2 is 0.658 bits per heavy atom. The molecule has 4 nitrogen and oxygen atoms in total. The fourth-order valence-electron chi connectivity index (χ4n) is 4.00. The summed E-state index contributed by atoms with van der Waals surface area (Å²) in [6.07, 6.45) is 0. The average Bonchev–Trinajstić information content (AvgIpc) is 2.93. The molecule has 0 saturated carbocycles. The lowest BCUT2D eigenvalue weighted by molar-refractivity contribution is 0.171. The molecule has 6 heteroatoms. The largest absolute Gasteiger partial charge is 0.303 e. The molecule has 0 atom stereocenters. The summed E-state index contributed by atoms with van der Waals surface area (Å²) in [5, 5.41) is 2.37. The zero-order chi connectivity index (χ0) is 27.3. The molecule has 0 amide bonds. The first kappa shape index (κ1) is 27.8. The summed E-state index contributed by atoms with van der Waals surface area (Å²) in [7, 11) is -6.92. The minimum atomic E-state index is -3.46. The van der Waals surface area contributed by atoms with Crippen LogP contribution >= 0.6 is 14.7 Å². The van der Waals surface area contributed by atoms with E-state index in [0.29, 0.717) is 21.2 Å². The monoisotopic (exact) mass is 542 g/mol. The zero-order valence-corrected chi connectivity index (χ0v) is 23.9. The van der Waals surface area contributed by atoms with Gasteiger partial charge >= 0.3 is 0 Å². The molecule has 38 heavy (non-hydrogen) atoms. The molecule has 0 fully saturated rings. The smallest absolute Gasteiger partial charge is 0.262 e. The SMILES string of the molecule is CC(C)(C#CC(C)(C)OP(=O)(c1ccccc1)c1ccccc1)OP(=O)(c1ccccc1)c1ccccc1. The van der Waals surface area contributed by atoms with Gasteiger partial charge in [0, 0.05) is 21.2 Å². The Hall–Kier alpha value is -3.18. The van der Waals surface area contributed by atoms with E-state index in [1.54, 1.807) is 76.2 Å². The summed E-state index contributed by atoms with van der Waals surface area (Å²) in [5.41, 5.74) is -2.21. The molecule has 194 valence electrons. The summed E-state index contributed by atoms with van der Waals surface area (Å²) in [6, 6.07) is 36.7. The van der Waals surface area contributed by atoms with Crippen molar-refractivity contribution in [3.63, 3.8) is 0 Å². The van der Waals surface area contributed by atoms with Crippen molar-refractivity contribution in [3.05, 3.63) is 121 Å². The minimum absolute atomic E-state index is 0.592. The first-order chi connectivity index (χ1) is 18.0. The van der Waals surface area contributed by atoms with Crippen molar-refractivity contribution in [3.8, 4) is 11.8 Å². The molecular weight excluding hydrogens is 510 g/mol. The van der Waals surface area contributed by atoms with Crippen molar-refractivity contribution in [2.24, 2.45) is 0 Å². The zero-order valence-electron chi connectivity index (χ0n) is 22.1. The van der Waals surface area contributed by atoms with Gasteiger partial charge in [0.1, 0.15) is 11.2 Å². The number of benzene rings is 4. The Morgan fingerprint density at radius 1 is 0.447 bits per heavy atom. The molecule has 0 aliphatic rings. The van der Waals surface area contributed by atoms with Gasteiger partial charge in [-0.15, -0.1) is 0 Å². The maximum Gasteiger partial charge on any atom is 0.262 e. The van der Waals surface area contributed by atoms with E-state index >= 15 is 0 Å². The summed E-state index contributed by atoms with van der Waals surface area (Å²) in [5.74, 6) is 6.26. The molecule has 0 aliphatic carbocycles. The maximum absolute atomic E-state index is 14.4. The summed E-state index contributed by atoms with van der Waals surface area (Å²) >= 11 is 0. The standard InChI is InChI=1S/C32H32O4P2/c1-31(2,35-37(33,27-17-9-5-10-18-27)28-19-11-6-12-20-28)25-26-32(3,4)36-38(34,29-21-13-7-14-22-29)30-23-15-8-16-24-30/h5-24H,1-4H3. The first-order valence-corrected chi connectivity index (χ1v) is 15.7. The fraction of sp³-hybridized carbons (Fsp3) is 0.188. The van der Waals surface area contributed by atoms with Crippen molar-refractivity contribution >= 4 is 36.0 Å². The molecule has 0 spiro atoms. The highest BCUT2D eigenvalue weighted by Crippen LogP contribution is 2.49. The summed E-state index contributed by atoms with van der Waals surface area (Å²) in [6.45, 7) is 7.12. The third kappa shape index (κ3) is 6.44. The van der Waals surface area contributed by atoms with Crippen LogP contribution in [0.5, 0.6) is 0 Å². The van der Waals surface area contributed by atoms with Gasteiger partial charge in [-0.05, 0) is 76.2 Å². The number of rotatable bonds is 8. The van der Waals surface area contributed by atoms with Crippen LogP contribution in [0.15, 0.2) is 121 Å². The normalized spacial score (nSPS) is 12.4. The van der Waals surface area contributed by atoms with Crippen LogP contribution in [0.4, 0.5) is 0 Å². The van der Waals surface area contributed by atoms with Crippen LogP contribution in [0.25, 0.3) is 0 Å². The Morgan fingerprint density at radius 3 is 0.868 bits per heavy atom. The Balaban J connectivity index is 1.67. The molecule has 0 saturated heterocycles. The predicted octanol–water partition coefficient (Wildman–Crippen LogP) is 6.44. The number of hydrogen-bond donors (Lipinski definition) is 0. The van der Waals surface area contributed by atoms with E-state index in [1.807, 2.05) is 72.8 Å². The van der Waals surface area contributed by atoms with Crippen LogP contribution in [-0.4, -0.2) is 11.2 Å². The van der Waals surface area contributed by atoms with E-state index in [1.165, 1.54) is 0 Å². The van der Waals surface area contributed by atoms with Crippen LogP contribution in [0, 0.1) is 11.8 Å². The van der Waals surface area contributed by atoms with E-state index in [4.69, 9.17) is 9.05 Å². The second-order valence-corrected chi connectivity index (χ2v) is 14.5. The van der Waals surface area contributed by atoms with Crippen molar-refractivity contribution in [2.75, 3.05) is 0 Å². The molecular formula is C32H32O4P2. The van der Waals surface area contributed by atoms with E-state index in [0.717, 1.165) is 0 Å². The highest BCUT2D eigenvalue weighted by atomic mass is 31.2. The van der Waals surface area contributed by atoms with E-state index in [-0.39, 0.29) is 0 Å². The average molecular weight is 543 g/mol. The van der Waals surface area contributed by atoms with E-state index in [2.05, 4.69) is 11.8 Å². The van der Waals surface area contributed by atoms with Gasteiger partial charge < -0.3 is 9.05 Å². The number of hydrogen-bond acceptors (Lipinski definition) is 4. The van der Waals surface area contributed by atoms with E-state index in [9.17, 15) is 9.13 Å². The van der Waals surface area contributed by atoms with Gasteiger partial charge in [0.05, 0.1) is 0 Å².